The first kappa shape index (κ1) is 17.2. The van der Waals surface area contributed by atoms with Crippen molar-refractivity contribution in [3.63, 3.8) is 0 Å². The number of aromatic nitrogens is 1. The maximum Gasteiger partial charge on any atom is 0.270 e. The van der Waals surface area contributed by atoms with Crippen LogP contribution in [0, 0.1) is 24.2 Å². The van der Waals surface area contributed by atoms with Gasteiger partial charge in [0.1, 0.15) is 11.8 Å². The van der Waals surface area contributed by atoms with E-state index in [4.69, 9.17) is 5.26 Å². The van der Waals surface area contributed by atoms with Gasteiger partial charge in [0.05, 0.1) is 11.6 Å². The van der Waals surface area contributed by atoms with E-state index in [0.717, 1.165) is 24.8 Å². The Balaban J connectivity index is 1.44. The van der Waals surface area contributed by atoms with Crippen LogP contribution in [0.25, 0.3) is 0 Å². The number of nitrogens with zero attached hydrogens (tertiary/aromatic N) is 2. The zero-order valence-electron chi connectivity index (χ0n) is 14.5. The fourth-order valence-corrected chi connectivity index (χ4v) is 4.79. The Bertz CT molecular complexity index is 844. The van der Waals surface area contributed by atoms with E-state index in [2.05, 4.69) is 44.0 Å². The van der Waals surface area contributed by atoms with Crippen LogP contribution in [-0.2, 0) is 0 Å². The number of pyridine rings is 1. The van der Waals surface area contributed by atoms with Crippen molar-refractivity contribution in [2.24, 2.45) is 5.92 Å². The molecular weight excluding hydrogens is 346 g/mol. The van der Waals surface area contributed by atoms with E-state index in [-0.39, 0.29) is 11.9 Å². The highest BCUT2D eigenvalue weighted by molar-refractivity contribution is 7.07. The van der Waals surface area contributed by atoms with E-state index in [1.807, 2.05) is 6.92 Å². The number of aryl methyl sites for hydroxylation is 1. The summed E-state index contributed by atoms with van der Waals surface area (Å²) in [7, 11) is 0. The molecule has 3 N–H and O–H groups in total. The molecule has 4 rings (SSSR count). The van der Waals surface area contributed by atoms with Crippen LogP contribution in [0.5, 0.6) is 0 Å². The molecule has 6 nitrogen and oxygen atoms in total. The first-order valence-electron chi connectivity index (χ1n) is 8.86. The Kier molecular flexibility index (Phi) is 4.72. The molecule has 3 heterocycles. The molecule has 0 radical (unpaired) electrons. The number of carbonyl (C=O) groups excluding carboxylic acids is 1. The van der Waals surface area contributed by atoms with Crippen LogP contribution in [0.2, 0.25) is 0 Å². The highest BCUT2D eigenvalue weighted by Gasteiger charge is 2.41. The lowest BCUT2D eigenvalue weighted by Gasteiger charge is -2.33. The number of amides is 1. The molecule has 1 saturated heterocycles. The predicted molar refractivity (Wildman–Crippen MR) is 99.4 cm³/mol. The van der Waals surface area contributed by atoms with Crippen LogP contribution in [0.3, 0.4) is 0 Å². The number of hydrazine groups is 1. The fourth-order valence-electron chi connectivity index (χ4n) is 4.10. The third kappa shape index (κ3) is 3.23. The van der Waals surface area contributed by atoms with Gasteiger partial charge in [-0.15, -0.1) is 0 Å². The number of nitrogens with one attached hydrogen (secondary N) is 3. The lowest BCUT2D eigenvalue weighted by Crippen LogP contribution is -2.44. The molecular formula is C19H21N5OS. The highest BCUT2D eigenvalue weighted by atomic mass is 32.1. The van der Waals surface area contributed by atoms with E-state index >= 15 is 0 Å². The SMILES string of the molecule is Cc1cc(C#N)cnc1C(=O)NC1CCC2NNC(c3ccsc3)C2C1. The van der Waals surface area contributed by atoms with Gasteiger partial charge < -0.3 is 5.32 Å². The second kappa shape index (κ2) is 7.16. The number of carbonyl (C=O) groups is 1. The van der Waals surface area contributed by atoms with E-state index < -0.39 is 0 Å². The number of hydrogen-bond donors (Lipinski definition) is 3. The van der Waals surface area contributed by atoms with Gasteiger partial charge in [0, 0.05) is 18.3 Å². The number of fused-ring (bicyclic) bond motifs is 1. The molecule has 26 heavy (non-hydrogen) atoms. The van der Waals surface area contributed by atoms with Gasteiger partial charge >= 0.3 is 0 Å². The normalized spacial score (nSPS) is 27.5. The van der Waals surface area contributed by atoms with Crippen LogP contribution >= 0.6 is 11.3 Å². The zero-order chi connectivity index (χ0) is 18.1. The Morgan fingerprint density at radius 2 is 2.31 bits per heavy atom. The molecule has 2 aromatic rings. The van der Waals surface area contributed by atoms with Crippen molar-refractivity contribution in [3.8, 4) is 6.07 Å². The molecule has 2 fully saturated rings. The predicted octanol–water partition coefficient (Wildman–Crippen LogP) is 2.44. The van der Waals surface area contributed by atoms with Crippen molar-refractivity contribution in [2.75, 3.05) is 0 Å². The maximum atomic E-state index is 12.6. The van der Waals surface area contributed by atoms with Gasteiger partial charge in [0.2, 0.25) is 0 Å². The standard InChI is InChI=1S/C19H21N5OS/c1-11-6-12(8-20)9-21-17(11)19(25)22-14-2-3-16-15(7-14)18(24-23-16)13-4-5-26-10-13/h4-6,9-10,14-16,18,23-24H,2-3,7H2,1H3,(H,22,25). The molecule has 4 atom stereocenters. The van der Waals surface area contributed by atoms with E-state index in [1.165, 1.54) is 11.8 Å². The molecule has 0 spiro atoms. The molecule has 1 saturated carbocycles. The summed E-state index contributed by atoms with van der Waals surface area (Å²) in [4.78, 5) is 16.8. The average Bonchev–Trinajstić information content (AvgIpc) is 3.30. The van der Waals surface area contributed by atoms with Gasteiger partial charge in [-0.25, -0.2) is 10.4 Å². The zero-order valence-corrected chi connectivity index (χ0v) is 15.3. The van der Waals surface area contributed by atoms with Gasteiger partial charge in [-0.2, -0.15) is 16.6 Å². The third-order valence-corrected chi connectivity index (χ3v) is 6.11. The van der Waals surface area contributed by atoms with Gasteiger partial charge in [0.15, 0.2) is 0 Å². The molecule has 2 aliphatic rings. The summed E-state index contributed by atoms with van der Waals surface area (Å²) >= 11 is 1.71. The van der Waals surface area contributed by atoms with Gasteiger partial charge in [0.25, 0.3) is 5.91 Å². The summed E-state index contributed by atoms with van der Waals surface area (Å²) in [5.41, 5.74) is 9.78. The van der Waals surface area contributed by atoms with Crippen LogP contribution in [0.4, 0.5) is 0 Å². The van der Waals surface area contributed by atoms with Crippen molar-refractivity contribution < 1.29 is 4.79 Å². The Morgan fingerprint density at radius 3 is 3.04 bits per heavy atom. The van der Waals surface area contributed by atoms with Crippen LogP contribution < -0.4 is 16.2 Å². The Hall–Kier alpha value is -2.27. The molecule has 0 bridgehead atoms. The first-order valence-corrected chi connectivity index (χ1v) is 9.80. The smallest absolute Gasteiger partial charge is 0.270 e. The lowest BCUT2D eigenvalue weighted by molar-refractivity contribution is 0.0909. The lowest BCUT2D eigenvalue weighted by atomic mass is 9.77. The summed E-state index contributed by atoms with van der Waals surface area (Å²) in [5, 5.41) is 16.4. The molecule has 7 heteroatoms. The quantitative estimate of drug-likeness (QED) is 0.775. The van der Waals surface area contributed by atoms with Crippen molar-refractivity contribution in [2.45, 2.75) is 44.3 Å². The van der Waals surface area contributed by atoms with Crippen LogP contribution in [-0.4, -0.2) is 23.0 Å². The number of thiophene rings is 1. The second-order valence-electron chi connectivity index (χ2n) is 7.08. The molecule has 1 amide bonds. The summed E-state index contributed by atoms with van der Waals surface area (Å²) < 4.78 is 0. The summed E-state index contributed by atoms with van der Waals surface area (Å²) in [6.07, 6.45) is 4.37. The monoisotopic (exact) mass is 367 g/mol. The average molecular weight is 367 g/mol. The topological polar surface area (TPSA) is 89.8 Å². The van der Waals surface area contributed by atoms with E-state index in [9.17, 15) is 4.79 Å². The van der Waals surface area contributed by atoms with Crippen molar-refractivity contribution in [3.05, 3.63) is 51.5 Å². The molecule has 134 valence electrons. The minimum atomic E-state index is -0.151. The molecule has 4 unspecified atom stereocenters. The minimum absolute atomic E-state index is 0.142. The van der Waals surface area contributed by atoms with Crippen LogP contribution in [0.1, 0.15) is 52.5 Å². The van der Waals surface area contributed by atoms with Gasteiger partial charge in [-0.3, -0.25) is 10.2 Å². The van der Waals surface area contributed by atoms with E-state index in [0.29, 0.717) is 29.3 Å². The largest absolute Gasteiger partial charge is 0.348 e. The summed E-state index contributed by atoms with van der Waals surface area (Å²) in [6, 6.07) is 6.80. The molecule has 2 aromatic heterocycles. The number of nitriles is 1. The summed E-state index contributed by atoms with van der Waals surface area (Å²) in [5.74, 6) is 0.306. The van der Waals surface area contributed by atoms with Gasteiger partial charge in [-0.1, -0.05) is 0 Å². The number of hydrogen-bond acceptors (Lipinski definition) is 6. The van der Waals surface area contributed by atoms with Crippen molar-refractivity contribution in [1.82, 2.24) is 21.2 Å². The summed E-state index contributed by atoms with van der Waals surface area (Å²) in [6.45, 7) is 1.82. The molecule has 0 aromatic carbocycles. The van der Waals surface area contributed by atoms with Crippen LogP contribution in [0.15, 0.2) is 29.1 Å². The molecule has 1 aliphatic heterocycles. The van der Waals surface area contributed by atoms with Gasteiger partial charge in [-0.05, 0) is 66.1 Å². The Morgan fingerprint density at radius 1 is 1.42 bits per heavy atom. The third-order valence-electron chi connectivity index (χ3n) is 5.41. The van der Waals surface area contributed by atoms with Crippen molar-refractivity contribution in [1.29, 1.82) is 5.26 Å². The van der Waals surface area contributed by atoms with Crippen molar-refractivity contribution >= 4 is 17.2 Å². The fraction of sp³-hybridized carbons (Fsp3) is 0.421. The first-order chi connectivity index (χ1) is 12.7. The second-order valence-corrected chi connectivity index (χ2v) is 7.86. The highest BCUT2D eigenvalue weighted by Crippen LogP contribution is 2.38. The van der Waals surface area contributed by atoms with E-state index in [1.54, 1.807) is 17.4 Å². The maximum absolute atomic E-state index is 12.6. The number of rotatable bonds is 3. The molecule has 1 aliphatic carbocycles. The minimum Gasteiger partial charge on any atom is -0.348 e. The Labute approximate surface area is 156 Å².